The smallest absolute Gasteiger partial charge is 0.244 e. The molecule has 21 heavy (non-hydrogen) atoms. The predicted molar refractivity (Wildman–Crippen MR) is 88.4 cm³/mol. The maximum absolute atomic E-state index is 13.0. The van der Waals surface area contributed by atoms with Gasteiger partial charge in [0.1, 0.15) is 0 Å². The third-order valence-electron chi connectivity index (χ3n) is 3.77. The Kier molecular flexibility index (Phi) is 5.46. The van der Waals surface area contributed by atoms with E-state index in [0.29, 0.717) is 29.9 Å². The van der Waals surface area contributed by atoms with Crippen molar-refractivity contribution in [2.24, 2.45) is 5.92 Å². The Morgan fingerprint density at radius 2 is 2.14 bits per heavy atom. The quantitative estimate of drug-likeness (QED) is 0.872. The molecule has 2 heterocycles. The van der Waals surface area contributed by atoms with E-state index in [1.54, 1.807) is 15.6 Å². The van der Waals surface area contributed by atoms with Crippen LogP contribution in [-0.4, -0.2) is 38.4 Å². The molecule has 1 N–H and O–H groups in total. The normalized spacial score (nSPS) is 19.8. The van der Waals surface area contributed by atoms with Gasteiger partial charge in [-0.25, -0.2) is 8.42 Å². The number of thiophene rings is 1. The molecule has 1 aromatic rings. The highest BCUT2D eigenvalue weighted by molar-refractivity contribution is 7.89. The van der Waals surface area contributed by atoms with Crippen molar-refractivity contribution in [3.63, 3.8) is 0 Å². The summed E-state index contributed by atoms with van der Waals surface area (Å²) in [6, 6.07) is 2.10. The summed E-state index contributed by atoms with van der Waals surface area (Å²) in [5, 5.41) is 3.40. The SMILES string of the molecule is Cc1cc(S(=O)(=O)N(CC(C)C)CC2CCCN2)c(C)s1. The van der Waals surface area contributed by atoms with Crippen molar-refractivity contribution < 1.29 is 8.42 Å². The van der Waals surface area contributed by atoms with Gasteiger partial charge in [-0.3, -0.25) is 0 Å². The summed E-state index contributed by atoms with van der Waals surface area (Å²) in [4.78, 5) is 2.43. The van der Waals surface area contributed by atoms with Crippen LogP contribution in [0.2, 0.25) is 0 Å². The van der Waals surface area contributed by atoms with Crippen molar-refractivity contribution in [3.05, 3.63) is 15.8 Å². The number of rotatable bonds is 6. The molecule has 1 aliphatic rings. The molecule has 1 aromatic heterocycles. The van der Waals surface area contributed by atoms with Gasteiger partial charge in [0.25, 0.3) is 0 Å². The Labute approximate surface area is 132 Å². The molecule has 0 amide bonds. The fraction of sp³-hybridized carbons (Fsp3) is 0.733. The lowest BCUT2D eigenvalue weighted by molar-refractivity contribution is 0.336. The van der Waals surface area contributed by atoms with E-state index in [0.717, 1.165) is 29.1 Å². The average Bonchev–Trinajstić information content (AvgIpc) is 2.97. The summed E-state index contributed by atoms with van der Waals surface area (Å²) in [5.74, 6) is 0.321. The summed E-state index contributed by atoms with van der Waals surface area (Å²) in [5.41, 5.74) is 0. The highest BCUT2D eigenvalue weighted by Crippen LogP contribution is 2.28. The predicted octanol–water partition coefficient (Wildman–Crippen LogP) is 2.76. The third-order valence-corrected chi connectivity index (χ3v) is 6.82. The molecule has 6 heteroatoms. The van der Waals surface area contributed by atoms with Crippen molar-refractivity contribution in [2.75, 3.05) is 19.6 Å². The highest BCUT2D eigenvalue weighted by atomic mass is 32.2. The number of hydrogen-bond donors (Lipinski definition) is 1. The van der Waals surface area contributed by atoms with Crippen LogP contribution in [-0.2, 0) is 10.0 Å². The van der Waals surface area contributed by atoms with Gasteiger partial charge in [0.2, 0.25) is 10.0 Å². The molecular weight excluding hydrogens is 304 g/mol. The molecule has 1 atom stereocenters. The van der Waals surface area contributed by atoms with Gasteiger partial charge < -0.3 is 5.32 Å². The van der Waals surface area contributed by atoms with Crippen LogP contribution in [0.15, 0.2) is 11.0 Å². The molecule has 0 spiro atoms. The molecule has 1 saturated heterocycles. The van der Waals surface area contributed by atoms with E-state index in [4.69, 9.17) is 0 Å². The van der Waals surface area contributed by atoms with Gasteiger partial charge in [0, 0.05) is 28.9 Å². The molecule has 1 fully saturated rings. The fourth-order valence-corrected chi connectivity index (χ4v) is 6.01. The number of sulfonamides is 1. The summed E-state index contributed by atoms with van der Waals surface area (Å²) < 4.78 is 27.7. The standard InChI is InChI=1S/C15H26N2O2S2/c1-11(2)9-17(10-14-6-5-7-16-14)21(18,19)15-8-12(3)20-13(15)4/h8,11,14,16H,5-7,9-10H2,1-4H3. The first kappa shape index (κ1) is 16.9. The van der Waals surface area contributed by atoms with E-state index in [1.165, 1.54) is 0 Å². The Bertz CT molecular complexity index is 572. The van der Waals surface area contributed by atoms with Gasteiger partial charge in [-0.05, 0) is 45.2 Å². The second-order valence-electron chi connectivity index (χ2n) is 6.29. The molecular formula is C15H26N2O2S2. The van der Waals surface area contributed by atoms with Crippen LogP contribution in [0.25, 0.3) is 0 Å². The molecule has 0 aliphatic carbocycles. The molecule has 0 radical (unpaired) electrons. The van der Waals surface area contributed by atoms with Crippen LogP contribution in [0.3, 0.4) is 0 Å². The zero-order chi connectivity index (χ0) is 15.6. The molecule has 120 valence electrons. The van der Waals surface area contributed by atoms with Crippen LogP contribution in [0.4, 0.5) is 0 Å². The van der Waals surface area contributed by atoms with E-state index in [-0.39, 0.29) is 0 Å². The number of nitrogens with zero attached hydrogens (tertiary/aromatic N) is 1. The topological polar surface area (TPSA) is 49.4 Å². The minimum absolute atomic E-state index is 0.290. The maximum atomic E-state index is 13.0. The van der Waals surface area contributed by atoms with Crippen molar-refractivity contribution >= 4 is 21.4 Å². The van der Waals surface area contributed by atoms with E-state index in [2.05, 4.69) is 19.2 Å². The highest BCUT2D eigenvalue weighted by Gasteiger charge is 2.30. The summed E-state index contributed by atoms with van der Waals surface area (Å²) in [7, 11) is -3.39. The summed E-state index contributed by atoms with van der Waals surface area (Å²) in [6.45, 7) is 10.1. The van der Waals surface area contributed by atoms with Gasteiger partial charge in [-0.15, -0.1) is 11.3 Å². The second-order valence-corrected chi connectivity index (χ2v) is 9.65. The number of nitrogens with one attached hydrogen (secondary N) is 1. The van der Waals surface area contributed by atoms with Crippen molar-refractivity contribution in [2.45, 2.75) is 51.5 Å². The van der Waals surface area contributed by atoms with E-state index in [1.807, 2.05) is 19.9 Å². The first-order valence-electron chi connectivity index (χ1n) is 7.61. The molecule has 0 bridgehead atoms. The van der Waals surface area contributed by atoms with Crippen LogP contribution in [0.1, 0.15) is 36.4 Å². The molecule has 1 aliphatic heterocycles. The first-order chi connectivity index (χ1) is 9.80. The Balaban J connectivity index is 2.27. The molecule has 4 nitrogen and oxygen atoms in total. The van der Waals surface area contributed by atoms with Crippen LogP contribution in [0.5, 0.6) is 0 Å². The van der Waals surface area contributed by atoms with Crippen molar-refractivity contribution in [1.29, 1.82) is 0 Å². The first-order valence-corrected chi connectivity index (χ1v) is 9.87. The Morgan fingerprint density at radius 1 is 1.43 bits per heavy atom. The maximum Gasteiger partial charge on any atom is 0.244 e. The monoisotopic (exact) mass is 330 g/mol. The number of hydrogen-bond acceptors (Lipinski definition) is 4. The minimum atomic E-state index is -3.39. The van der Waals surface area contributed by atoms with Crippen molar-refractivity contribution in [3.8, 4) is 0 Å². The van der Waals surface area contributed by atoms with Gasteiger partial charge >= 0.3 is 0 Å². The Morgan fingerprint density at radius 3 is 2.62 bits per heavy atom. The minimum Gasteiger partial charge on any atom is -0.313 e. The summed E-state index contributed by atoms with van der Waals surface area (Å²) in [6.07, 6.45) is 2.20. The molecule has 0 saturated carbocycles. The lowest BCUT2D eigenvalue weighted by atomic mass is 10.2. The van der Waals surface area contributed by atoms with Gasteiger partial charge in [-0.2, -0.15) is 4.31 Å². The van der Waals surface area contributed by atoms with E-state index in [9.17, 15) is 8.42 Å². The van der Waals surface area contributed by atoms with Crippen LogP contribution >= 0.6 is 11.3 Å². The third kappa shape index (κ3) is 4.06. The van der Waals surface area contributed by atoms with E-state index < -0.39 is 10.0 Å². The fourth-order valence-electron chi connectivity index (χ4n) is 2.84. The molecule has 2 rings (SSSR count). The zero-order valence-corrected chi connectivity index (χ0v) is 15.0. The van der Waals surface area contributed by atoms with Crippen molar-refractivity contribution in [1.82, 2.24) is 9.62 Å². The van der Waals surface area contributed by atoms with Crippen LogP contribution in [0, 0.1) is 19.8 Å². The van der Waals surface area contributed by atoms with Gasteiger partial charge in [0.05, 0.1) is 4.90 Å². The van der Waals surface area contributed by atoms with E-state index >= 15 is 0 Å². The second kappa shape index (κ2) is 6.77. The van der Waals surface area contributed by atoms with Gasteiger partial charge in [0.15, 0.2) is 0 Å². The average molecular weight is 331 g/mol. The molecule has 0 aromatic carbocycles. The largest absolute Gasteiger partial charge is 0.313 e. The zero-order valence-electron chi connectivity index (χ0n) is 13.3. The lowest BCUT2D eigenvalue weighted by Crippen LogP contribution is -2.42. The van der Waals surface area contributed by atoms with Gasteiger partial charge in [-0.1, -0.05) is 13.8 Å². The van der Waals surface area contributed by atoms with Crippen LogP contribution < -0.4 is 5.32 Å². The summed E-state index contributed by atoms with van der Waals surface area (Å²) >= 11 is 1.55. The molecule has 1 unspecified atom stereocenters. The number of aryl methyl sites for hydroxylation is 2. The Hall–Kier alpha value is -0.430. The lowest BCUT2D eigenvalue weighted by Gasteiger charge is -2.26.